The minimum atomic E-state index is -0.673. The molecular weight excluding hydrogens is 348 g/mol. The number of unbranched alkanes of at least 4 members (excludes halogenated alkanes) is 1. The second-order valence-electron chi connectivity index (χ2n) is 6.20. The van der Waals surface area contributed by atoms with E-state index >= 15 is 0 Å². The first-order chi connectivity index (χ1) is 12.9. The number of carbonyl (C=O) groups is 1. The molecule has 146 valence electrons. The molecule has 0 bridgehead atoms. The number of benzene rings is 1. The third kappa shape index (κ3) is 4.78. The van der Waals surface area contributed by atoms with Crippen molar-refractivity contribution in [2.45, 2.75) is 39.7 Å². The molecule has 0 aliphatic carbocycles. The lowest BCUT2D eigenvalue weighted by atomic mass is 10.1. The molecular formula is C19H26N4O4. The molecule has 0 spiro atoms. The highest BCUT2D eigenvalue weighted by Gasteiger charge is 2.21. The number of likely N-dealkylation sites (N-methyl/N-ethyl adjacent to an activating group) is 1. The summed E-state index contributed by atoms with van der Waals surface area (Å²) >= 11 is 0. The molecule has 0 aliphatic heterocycles. The minimum absolute atomic E-state index is 0.000237. The number of aromatic nitrogens is 2. The summed E-state index contributed by atoms with van der Waals surface area (Å²) < 4.78 is 6.67. The van der Waals surface area contributed by atoms with Crippen LogP contribution in [0.25, 0.3) is 0 Å². The lowest BCUT2D eigenvalue weighted by molar-refractivity contribution is -0.117. The SMILES string of the molecule is CCCCn1c(N)c(N(C)C(=O)Cc2ccc(OCC)cc2)c(=O)[nH]c1=O. The van der Waals surface area contributed by atoms with Crippen molar-refractivity contribution < 1.29 is 9.53 Å². The molecule has 27 heavy (non-hydrogen) atoms. The molecule has 0 atom stereocenters. The Morgan fingerprint density at radius 2 is 1.89 bits per heavy atom. The predicted molar refractivity (Wildman–Crippen MR) is 105 cm³/mol. The molecule has 1 aromatic heterocycles. The van der Waals surface area contributed by atoms with Gasteiger partial charge < -0.3 is 15.4 Å². The van der Waals surface area contributed by atoms with Crippen LogP contribution in [-0.4, -0.2) is 29.1 Å². The van der Waals surface area contributed by atoms with Gasteiger partial charge in [0, 0.05) is 13.6 Å². The number of nitrogens with two attached hydrogens (primary N) is 1. The fourth-order valence-electron chi connectivity index (χ4n) is 2.73. The molecule has 0 radical (unpaired) electrons. The molecule has 3 N–H and O–H groups in total. The number of rotatable bonds is 8. The van der Waals surface area contributed by atoms with Gasteiger partial charge in [0.2, 0.25) is 5.91 Å². The van der Waals surface area contributed by atoms with Crippen molar-refractivity contribution in [3.8, 4) is 5.75 Å². The third-order valence-electron chi connectivity index (χ3n) is 4.25. The fourth-order valence-corrected chi connectivity index (χ4v) is 2.73. The van der Waals surface area contributed by atoms with Crippen LogP contribution in [0.4, 0.5) is 11.5 Å². The first-order valence-electron chi connectivity index (χ1n) is 8.99. The number of H-pyrrole nitrogens is 1. The van der Waals surface area contributed by atoms with Gasteiger partial charge in [-0.3, -0.25) is 19.1 Å². The predicted octanol–water partition coefficient (Wildman–Crippen LogP) is 1.52. The maximum absolute atomic E-state index is 12.6. The quantitative estimate of drug-likeness (QED) is 0.728. The number of hydrogen-bond donors (Lipinski definition) is 2. The molecule has 1 aromatic carbocycles. The monoisotopic (exact) mass is 374 g/mol. The summed E-state index contributed by atoms with van der Waals surface area (Å²) in [6.07, 6.45) is 1.70. The van der Waals surface area contributed by atoms with E-state index in [0.717, 1.165) is 24.2 Å². The number of amides is 1. The van der Waals surface area contributed by atoms with Gasteiger partial charge in [0.05, 0.1) is 13.0 Å². The van der Waals surface area contributed by atoms with Gasteiger partial charge in [-0.25, -0.2) is 4.79 Å². The lowest BCUT2D eigenvalue weighted by Gasteiger charge is -2.20. The molecule has 0 aliphatic rings. The van der Waals surface area contributed by atoms with Crippen LogP contribution in [0.5, 0.6) is 5.75 Å². The summed E-state index contributed by atoms with van der Waals surface area (Å²) in [5.41, 5.74) is 5.57. The molecule has 1 amide bonds. The second kappa shape index (κ2) is 9.07. The van der Waals surface area contributed by atoms with Crippen LogP contribution in [0.2, 0.25) is 0 Å². The van der Waals surface area contributed by atoms with Gasteiger partial charge in [-0.1, -0.05) is 25.5 Å². The highest BCUT2D eigenvalue weighted by Crippen LogP contribution is 2.18. The summed E-state index contributed by atoms with van der Waals surface area (Å²) in [6, 6.07) is 7.18. The van der Waals surface area contributed by atoms with Crippen molar-refractivity contribution in [1.29, 1.82) is 0 Å². The first kappa shape index (κ1) is 20.3. The Kier molecular flexibility index (Phi) is 6.81. The average molecular weight is 374 g/mol. The van der Waals surface area contributed by atoms with E-state index in [2.05, 4.69) is 4.98 Å². The average Bonchev–Trinajstić information content (AvgIpc) is 2.63. The molecule has 0 fully saturated rings. The van der Waals surface area contributed by atoms with Crippen molar-refractivity contribution in [3.63, 3.8) is 0 Å². The van der Waals surface area contributed by atoms with Gasteiger partial charge in [0.15, 0.2) is 5.69 Å². The Morgan fingerprint density at radius 1 is 1.22 bits per heavy atom. The van der Waals surface area contributed by atoms with Gasteiger partial charge in [-0.05, 0) is 31.0 Å². The highest BCUT2D eigenvalue weighted by atomic mass is 16.5. The zero-order chi connectivity index (χ0) is 20.0. The van der Waals surface area contributed by atoms with Crippen LogP contribution in [0.15, 0.2) is 33.9 Å². The van der Waals surface area contributed by atoms with Crippen molar-refractivity contribution in [2.75, 3.05) is 24.3 Å². The zero-order valence-corrected chi connectivity index (χ0v) is 15.9. The van der Waals surface area contributed by atoms with Crippen LogP contribution in [0.3, 0.4) is 0 Å². The van der Waals surface area contributed by atoms with E-state index in [1.807, 2.05) is 13.8 Å². The molecule has 8 nitrogen and oxygen atoms in total. The zero-order valence-electron chi connectivity index (χ0n) is 15.9. The summed E-state index contributed by atoms with van der Waals surface area (Å²) in [7, 11) is 1.48. The van der Waals surface area contributed by atoms with Crippen molar-refractivity contribution in [3.05, 3.63) is 50.7 Å². The van der Waals surface area contributed by atoms with Crippen LogP contribution >= 0.6 is 0 Å². The maximum atomic E-state index is 12.6. The number of carbonyl (C=O) groups excluding carboxylic acids is 1. The van der Waals surface area contributed by atoms with Crippen molar-refractivity contribution in [2.24, 2.45) is 0 Å². The number of nitrogens with zero attached hydrogens (tertiary/aromatic N) is 2. The molecule has 0 unspecified atom stereocenters. The molecule has 8 heteroatoms. The Balaban J connectivity index is 2.25. The Hall–Kier alpha value is -3.03. The Bertz CT molecular complexity index is 899. The normalized spacial score (nSPS) is 10.6. The van der Waals surface area contributed by atoms with Gasteiger partial charge >= 0.3 is 5.69 Å². The number of ether oxygens (including phenoxy) is 1. The molecule has 2 aromatic rings. The lowest BCUT2D eigenvalue weighted by Crippen LogP contribution is -2.39. The summed E-state index contributed by atoms with van der Waals surface area (Å²) in [4.78, 5) is 40.3. The van der Waals surface area contributed by atoms with E-state index in [4.69, 9.17) is 10.5 Å². The molecule has 0 saturated heterocycles. The maximum Gasteiger partial charge on any atom is 0.330 e. The number of nitrogen functional groups attached to an aromatic ring is 1. The van der Waals surface area contributed by atoms with Gasteiger partial charge in [0.1, 0.15) is 11.6 Å². The number of aromatic amines is 1. The largest absolute Gasteiger partial charge is 0.494 e. The summed E-state index contributed by atoms with van der Waals surface area (Å²) in [5.74, 6) is 0.419. The van der Waals surface area contributed by atoms with Crippen LogP contribution < -0.4 is 26.6 Å². The topological polar surface area (TPSA) is 110 Å². The Morgan fingerprint density at radius 3 is 2.48 bits per heavy atom. The standard InChI is InChI=1S/C19H26N4O4/c1-4-6-11-23-17(20)16(18(25)21-19(23)26)22(3)15(24)12-13-7-9-14(10-8-13)27-5-2/h7-10H,4-6,11-12,20H2,1-3H3,(H,21,25,26). The third-order valence-corrected chi connectivity index (χ3v) is 4.25. The van der Waals surface area contributed by atoms with Gasteiger partial charge in [-0.2, -0.15) is 0 Å². The van der Waals surface area contributed by atoms with Gasteiger partial charge in [-0.15, -0.1) is 0 Å². The smallest absolute Gasteiger partial charge is 0.330 e. The second-order valence-corrected chi connectivity index (χ2v) is 6.20. The molecule has 2 rings (SSSR count). The van der Waals surface area contributed by atoms with Gasteiger partial charge in [0.25, 0.3) is 5.56 Å². The van der Waals surface area contributed by atoms with E-state index in [-0.39, 0.29) is 23.8 Å². The van der Waals surface area contributed by atoms with E-state index in [9.17, 15) is 14.4 Å². The highest BCUT2D eigenvalue weighted by molar-refractivity contribution is 5.96. The summed E-state index contributed by atoms with van der Waals surface area (Å²) in [6.45, 7) is 4.83. The number of hydrogen-bond acceptors (Lipinski definition) is 5. The van der Waals surface area contributed by atoms with E-state index in [1.165, 1.54) is 16.5 Å². The Labute approximate surface area is 157 Å². The van der Waals surface area contributed by atoms with Crippen LogP contribution in [-0.2, 0) is 17.8 Å². The van der Waals surface area contributed by atoms with Crippen LogP contribution in [0.1, 0.15) is 32.3 Å². The minimum Gasteiger partial charge on any atom is -0.494 e. The first-order valence-corrected chi connectivity index (χ1v) is 8.99. The molecule has 0 saturated carbocycles. The van der Waals surface area contributed by atoms with Crippen molar-refractivity contribution in [1.82, 2.24) is 9.55 Å². The number of anilines is 2. The summed E-state index contributed by atoms with van der Waals surface area (Å²) in [5, 5.41) is 0. The fraction of sp³-hybridized carbons (Fsp3) is 0.421. The van der Waals surface area contributed by atoms with E-state index < -0.39 is 11.2 Å². The van der Waals surface area contributed by atoms with E-state index in [1.54, 1.807) is 24.3 Å². The number of nitrogens with one attached hydrogen (secondary N) is 1. The van der Waals surface area contributed by atoms with Crippen LogP contribution in [0, 0.1) is 0 Å². The van der Waals surface area contributed by atoms with E-state index in [0.29, 0.717) is 13.2 Å². The molecule has 1 heterocycles. The van der Waals surface area contributed by atoms with Crippen molar-refractivity contribution >= 4 is 17.4 Å².